The predicted octanol–water partition coefficient (Wildman–Crippen LogP) is 3.99. The molecule has 8 atom stereocenters. The van der Waals surface area contributed by atoms with E-state index < -0.39 is 80.9 Å². The van der Waals surface area contributed by atoms with Crippen molar-refractivity contribution in [1.82, 2.24) is 0 Å². The summed E-state index contributed by atoms with van der Waals surface area (Å²) in [5.41, 5.74) is -5.69. The van der Waals surface area contributed by atoms with Crippen LogP contribution < -0.4 is 0 Å². The Morgan fingerprint density at radius 2 is 1.56 bits per heavy atom. The van der Waals surface area contributed by atoms with Gasteiger partial charge in [-0.1, -0.05) is 46.8 Å². The van der Waals surface area contributed by atoms with E-state index >= 15 is 0 Å². The van der Waals surface area contributed by atoms with Gasteiger partial charge in [-0.2, -0.15) is 0 Å². The van der Waals surface area contributed by atoms with Gasteiger partial charge < -0.3 is 15.0 Å². The molecule has 1 aromatic rings. The zero-order valence-electron chi connectivity index (χ0n) is 26.0. The highest BCUT2D eigenvalue weighted by Crippen LogP contribution is 2.70. The number of phenols is 1. The maximum atomic E-state index is 14.6. The van der Waals surface area contributed by atoms with Gasteiger partial charge in [0.2, 0.25) is 0 Å². The third kappa shape index (κ3) is 4.40. The van der Waals surface area contributed by atoms with Crippen LogP contribution in [0.4, 0.5) is 0 Å². The number of unbranched alkanes of at least 4 members (excludes halogenated alkanes) is 1. The standard InChI is InChI=1S/C34H42O9/c1-16(2)26-28(39)24(19(5)36)30(41)34(43)31(42)27-29(40)25-21(13-10-14-22(25)38)18(4)32(27,6)23(33(26,34)7)15-20(37)12-9-8-11-17(3)35/h10,13-14,16,18,23-24,26-27,38,43H,8-9,11-12,15H2,1-7H3/t18-,23-,24?,26?,27?,32-,33-,34+/m1/s1. The zero-order chi connectivity index (χ0) is 32.4. The Hall–Kier alpha value is -3.33. The van der Waals surface area contributed by atoms with E-state index in [1.807, 2.05) is 0 Å². The first-order valence-corrected chi connectivity index (χ1v) is 15.1. The molecule has 2 fully saturated rings. The van der Waals surface area contributed by atoms with Gasteiger partial charge >= 0.3 is 0 Å². The van der Waals surface area contributed by atoms with Crippen LogP contribution in [0.15, 0.2) is 18.2 Å². The van der Waals surface area contributed by atoms with Crippen LogP contribution in [0.25, 0.3) is 0 Å². The molecule has 2 saturated carbocycles. The number of Topliss-reactive ketones (excluding diaryl/α,β-unsaturated/α-hetero) is 7. The number of phenolic OH excluding ortho intramolecular Hbond substituents is 1. The molecule has 1 aromatic carbocycles. The van der Waals surface area contributed by atoms with Crippen LogP contribution in [0.1, 0.15) is 102 Å². The van der Waals surface area contributed by atoms with Crippen molar-refractivity contribution in [1.29, 1.82) is 0 Å². The molecule has 3 aliphatic carbocycles. The molecule has 3 aliphatic rings. The van der Waals surface area contributed by atoms with Gasteiger partial charge in [0, 0.05) is 30.6 Å². The highest BCUT2D eigenvalue weighted by atomic mass is 16.3. The van der Waals surface area contributed by atoms with Crippen molar-refractivity contribution < 1.29 is 43.8 Å². The van der Waals surface area contributed by atoms with Crippen molar-refractivity contribution in [2.75, 3.05) is 0 Å². The minimum absolute atomic E-state index is 0.00154. The second kappa shape index (κ2) is 11.0. The van der Waals surface area contributed by atoms with Gasteiger partial charge in [-0.15, -0.1) is 0 Å². The number of benzene rings is 1. The average molecular weight is 595 g/mol. The first kappa shape index (κ1) is 32.6. The molecule has 2 N–H and O–H groups in total. The lowest BCUT2D eigenvalue weighted by molar-refractivity contribution is -0.225. The van der Waals surface area contributed by atoms with Crippen molar-refractivity contribution in [3.63, 3.8) is 0 Å². The van der Waals surface area contributed by atoms with Gasteiger partial charge in [-0.3, -0.25) is 28.8 Å². The summed E-state index contributed by atoms with van der Waals surface area (Å²) in [6.07, 6.45) is 1.10. The summed E-state index contributed by atoms with van der Waals surface area (Å²) in [5.74, 6) is -12.0. The van der Waals surface area contributed by atoms with Crippen LogP contribution in [-0.4, -0.2) is 56.3 Å². The van der Waals surface area contributed by atoms with E-state index in [1.54, 1.807) is 39.8 Å². The van der Waals surface area contributed by atoms with Crippen LogP contribution in [0.3, 0.4) is 0 Å². The second-order valence-electron chi connectivity index (χ2n) is 13.7. The lowest BCUT2D eigenvalue weighted by Crippen LogP contribution is -2.80. The Morgan fingerprint density at radius 3 is 2.12 bits per heavy atom. The zero-order valence-corrected chi connectivity index (χ0v) is 26.0. The molecule has 9 nitrogen and oxygen atoms in total. The first-order valence-electron chi connectivity index (χ1n) is 15.1. The van der Waals surface area contributed by atoms with Gasteiger partial charge in [-0.25, -0.2) is 0 Å². The van der Waals surface area contributed by atoms with Gasteiger partial charge in [-0.05, 0) is 61.5 Å². The van der Waals surface area contributed by atoms with Gasteiger partial charge in [0.05, 0.1) is 11.5 Å². The molecule has 0 aliphatic heterocycles. The molecule has 3 unspecified atom stereocenters. The van der Waals surface area contributed by atoms with Crippen LogP contribution in [0, 0.1) is 40.4 Å². The number of aromatic hydroxyl groups is 1. The van der Waals surface area contributed by atoms with E-state index in [1.165, 1.54) is 19.9 Å². The Balaban J connectivity index is 2.00. The Bertz CT molecular complexity index is 1440. The first-order chi connectivity index (χ1) is 19.9. The molecule has 0 aromatic heterocycles. The highest BCUT2D eigenvalue weighted by Gasteiger charge is 2.80. The summed E-state index contributed by atoms with van der Waals surface area (Å²) < 4.78 is 0. The maximum absolute atomic E-state index is 14.6. The summed E-state index contributed by atoms with van der Waals surface area (Å²) in [4.78, 5) is 94.8. The third-order valence-electron chi connectivity index (χ3n) is 11.1. The molecule has 0 heterocycles. The van der Waals surface area contributed by atoms with Crippen molar-refractivity contribution in [2.45, 2.75) is 92.1 Å². The number of hydrogen-bond donors (Lipinski definition) is 2. The number of ketones is 7. The summed E-state index contributed by atoms with van der Waals surface area (Å²) in [6, 6.07) is 4.59. The van der Waals surface area contributed by atoms with Gasteiger partial charge in [0.25, 0.3) is 0 Å². The van der Waals surface area contributed by atoms with E-state index in [4.69, 9.17) is 0 Å². The predicted molar refractivity (Wildman–Crippen MR) is 155 cm³/mol. The van der Waals surface area contributed by atoms with E-state index in [-0.39, 0.29) is 35.7 Å². The maximum Gasteiger partial charge on any atom is 0.190 e. The summed E-state index contributed by atoms with van der Waals surface area (Å²) in [7, 11) is 0. The van der Waals surface area contributed by atoms with Crippen molar-refractivity contribution in [2.24, 2.45) is 40.4 Å². The Morgan fingerprint density at radius 1 is 0.953 bits per heavy atom. The molecule has 0 saturated heterocycles. The summed E-state index contributed by atoms with van der Waals surface area (Å²) >= 11 is 0. The molecule has 0 radical (unpaired) electrons. The van der Waals surface area contributed by atoms with E-state index in [9.17, 15) is 43.8 Å². The van der Waals surface area contributed by atoms with E-state index in [0.717, 1.165) is 6.92 Å². The van der Waals surface area contributed by atoms with E-state index in [0.29, 0.717) is 24.8 Å². The van der Waals surface area contributed by atoms with Crippen LogP contribution >= 0.6 is 0 Å². The largest absolute Gasteiger partial charge is 0.507 e. The molecule has 0 spiro atoms. The number of aliphatic hydroxyl groups is 1. The Kier molecular flexibility index (Phi) is 8.33. The molecule has 9 heteroatoms. The fourth-order valence-corrected chi connectivity index (χ4v) is 8.98. The highest BCUT2D eigenvalue weighted by molar-refractivity contribution is 6.32. The number of fused-ring (bicyclic) bond motifs is 3. The fraction of sp³-hybridized carbons (Fsp3) is 0.618. The smallest absolute Gasteiger partial charge is 0.190 e. The molecule has 43 heavy (non-hydrogen) atoms. The fourth-order valence-electron chi connectivity index (χ4n) is 8.98. The molecule has 232 valence electrons. The molecule has 0 bridgehead atoms. The lowest BCUT2D eigenvalue weighted by atomic mass is 9.34. The van der Waals surface area contributed by atoms with Crippen molar-refractivity contribution >= 4 is 40.5 Å². The second-order valence-corrected chi connectivity index (χ2v) is 13.7. The van der Waals surface area contributed by atoms with Crippen LogP contribution in [0.2, 0.25) is 0 Å². The molecular formula is C34H42O9. The summed E-state index contributed by atoms with van der Waals surface area (Å²) in [6.45, 7) is 10.9. The van der Waals surface area contributed by atoms with Crippen molar-refractivity contribution in [3.8, 4) is 5.75 Å². The topological polar surface area (TPSA) is 160 Å². The number of rotatable bonds is 9. The Labute approximate surface area is 251 Å². The van der Waals surface area contributed by atoms with E-state index in [2.05, 4.69) is 0 Å². The quantitative estimate of drug-likeness (QED) is 0.318. The summed E-state index contributed by atoms with van der Waals surface area (Å²) in [5, 5.41) is 23.2. The minimum atomic E-state index is -2.91. The molecular weight excluding hydrogens is 552 g/mol. The van der Waals surface area contributed by atoms with Gasteiger partial charge in [0.15, 0.2) is 28.7 Å². The SMILES string of the molecule is CC(=O)CCCCC(=O)C[C@@H]1[C@]2(C)C(C(=O)c3c(O)cccc3[C@H]2C)C(=O)[C@@]2(O)C(=O)C(C(C)=O)C(=O)C(C(C)C)[C@@]12C. The number of hydrogen-bond acceptors (Lipinski definition) is 9. The monoisotopic (exact) mass is 594 g/mol. The number of carbonyl (C=O) groups excluding carboxylic acids is 7. The normalized spacial score (nSPS) is 35.3. The average Bonchev–Trinajstić information content (AvgIpc) is 2.90. The molecule has 0 amide bonds. The van der Waals surface area contributed by atoms with Crippen LogP contribution in [-0.2, 0) is 28.8 Å². The minimum Gasteiger partial charge on any atom is -0.507 e. The van der Waals surface area contributed by atoms with Crippen LogP contribution in [0.5, 0.6) is 5.75 Å². The third-order valence-corrected chi connectivity index (χ3v) is 11.1. The lowest BCUT2D eigenvalue weighted by Gasteiger charge is -2.67. The van der Waals surface area contributed by atoms with Gasteiger partial charge in [0.1, 0.15) is 29.0 Å². The number of carbonyl (C=O) groups is 7. The molecule has 4 rings (SSSR count). The van der Waals surface area contributed by atoms with Crippen molar-refractivity contribution in [3.05, 3.63) is 29.3 Å².